The van der Waals surface area contributed by atoms with E-state index in [0.29, 0.717) is 41.6 Å². The zero-order valence-corrected chi connectivity index (χ0v) is 28.2. The Bertz CT molecular complexity index is 1650. The number of nitrogens with zero attached hydrogens (tertiary/aromatic N) is 4. The molecular formula is C33H44N4O7S. The Hall–Kier alpha value is -3.48. The number of carbonyl (C=O) groups excluding carboxylic acids is 1. The van der Waals surface area contributed by atoms with Crippen LogP contribution < -0.4 is 13.7 Å². The maximum atomic E-state index is 14.2. The third kappa shape index (κ3) is 6.87. The van der Waals surface area contributed by atoms with Gasteiger partial charge >= 0.3 is 16.2 Å². The molecule has 2 fully saturated rings. The fraction of sp³-hybridized carbons (Fsp3) is 0.545. The van der Waals surface area contributed by atoms with Gasteiger partial charge in [-0.1, -0.05) is 53.7 Å². The Labute approximate surface area is 266 Å². The molecule has 0 N–H and O–H groups in total. The highest BCUT2D eigenvalue weighted by molar-refractivity contribution is 7.87. The molecule has 11 nitrogen and oxygen atoms in total. The topological polar surface area (TPSA) is 120 Å². The minimum absolute atomic E-state index is 0.0716. The number of fused-ring (bicyclic) bond motifs is 1. The number of hydrogen-bond acceptors (Lipinski definition) is 10. The van der Waals surface area contributed by atoms with E-state index >= 15 is 0 Å². The molecule has 0 unspecified atom stereocenters. The summed E-state index contributed by atoms with van der Waals surface area (Å²) in [6, 6.07) is 7.43. The highest BCUT2D eigenvalue weighted by Crippen LogP contribution is 2.39. The van der Waals surface area contributed by atoms with Crippen LogP contribution in [0, 0.1) is 6.92 Å². The summed E-state index contributed by atoms with van der Waals surface area (Å²) in [4.78, 5) is 26.2. The SMILES string of the molecule is COc1cc2nc(C)nc(OS(=O)(=O)c3c(C(C)C)cc(C(C)C)cc3C(C)C)c2cc1OC(=O)N1CCN(C2COC2)CC1. The molecule has 2 aliphatic heterocycles. The van der Waals surface area contributed by atoms with Gasteiger partial charge in [-0.15, -0.1) is 0 Å². The van der Waals surface area contributed by atoms with E-state index in [1.54, 1.807) is 17.9 Å². The summed E-state index contributed by atoms with van der Waals surface area (Å²) in [5.41, 5.74) is 2.85. The first-order chi connectivity index (χ1) is 21.3. The van der Waals surface area contributed by atoms with Gasteiger partial charge in [0.15, 0.2) is 11.5 Å². The highest BCUT2D eigenvalue weighted by Gasteiger charge is 2.32. The molecule has 244 valence electrons. The summed E-state index contributed by atoms with van der Waals surface area (Å²) < 4.78 is 50.9. The molecule has 1 aromatic heterocycles. The van der Waals surface area contributed by atoms with Crippen LogP contribution in [0.15, 0.2) is 29.2 Å². The molecule has 3 heterocycles. The summed E-state index contributed by atoms with van der Waals surface area (Å²) in [6.07, 6.45) is -0.520. The first kappa shape index (κ1) is 32.9. The van der Waals surface area contributed by atoms with Gasteiger partial charge in [0.1, 0.15) is 10.7 Å². The van der Waals surface area contributed by atoms with Crippen molar-refractivity contribution in [2.24, 2.45) is 0 Å². The van der Waals surface area contributed by atoms with Gasteiger partial charge < -0.3 is 23.3 Å². The van der Waals surface area contributed by atoms with E-state index in [1.807, 2.05) is 39.8 Å². The quantitative estimate of drug-likeness (QED) is 0.273. The lowest BCUT2D eigenvalue weighted by atomic mass is 9.89. The van der Waals surface area contributed by atoms with Crippen molar-refractivity contribution in [1.29, 1.82) is 0 Å². The molecule has 45 heavy (non-hydrogen) atoms. The Kier molecular flexibility index (Phi) is 9.57. The molecule has 0 bridgehead atoms. The van der Waals surface area contributed by atoms with E-state index in [2.05, 4.69) is 28.7 Å². The monoisotopic (exact) mass is 640 g/mol. The van der Waals surface area contributed by atoms with Crippen LogP contribution in [0.2, 0.25) is 0 Å². The average molecular weight is 641 g/mol. The molecule has 0 aliphatic carbocycles. The highest BCUT2D eigenvalue weighted by atomic mass is 32.2. The predicted octanol–water partition coefficient (Wildman–Crippen LogP) is 5.60. The van der Waals surface area contributed by atoms with Crippen molar-refractivity contribution in [3.05, 3.63) is 46.8 Å². The van der Waals surface area contributed by atoms with Gasteiger partial charge in [-0.2, -0.15) is 13.4 Å². The Balaban J connectivity index is 1.50. The molecule has 0 saturated carbocycles. The Morgan fingerprint density at radius 3 is 2.02 bits per heavy atom. The van der Waals surface area contributed by atoms with E-state index in [9.17, 15) is 13.2 Å². The maximum absolute atomic E-state index is 14.2. The zero-order valence-electron chi connectivity index (χ0n) is 27.4. The number of carbonyl (C=O) groups is 1. The molecule has 2 aromatic carbocycles. The third-order valence-corrected chi connectivity index (χ3v) is 9.83. The summed E-state index contributed by atoms with van der Waals surface area (Å²) >= 11 is 0. The molecule has 0 radical (unpaired) electrons. The minimum Gasteiger partial charge on any atom is -0.493 e. The zero-order chi connectivity index (χ0) is 32.6. The predicted molar refractivity (Wildman–Crippen MR) is 171 cm³/mol. The van der Waals surface area contributed by atoms with Gasteiger partial charge in [0, 0.05) is 32.2 Å². The van der Waals surface area contributed by atoms with Crippen molar-refractivity contribution in [3.63, 3.8) is 0 Å². The van der Waals surface area contributed by atoms with Gasteiger partial charge in [0.25, 0.3) is 0 Å². The molecule has 2 saturated heterocycles. The van der Waals surface area contributed by atoms with Gasteiger partial charge in [0.2, 0.25) is 5.88 Å². The number of piperazine rings is 1. The Morgan fingerprint density at radius 2 is 1.51 bits per heavy atom. The van der Waals surface area contributed by atoms with Gasteiger partial charge in [-0.3, -0.25) is 4.90 Å². The molecule has 12 heteroatoms. The molecule has 3 aromatic rings. The molecular weight excluding hydrogens is 596 g/mol. The van der Waals surface area contributed by atoms with Crippen molar-refractivity contribution in [2.45, 2.75) is 77.2 Å². The summed E-state index contributed by atoms with van der Waals surface area (Å²) in [5, 5.41) is 0.276. The van der Waals surface area contributed by atoms with Crippen LogP contribution >= 0.6 is 0 Å². The van der Waals surface area contributed by atoms with Crippen molar-refractivity contribution in [2.75, 3.05) is 46.5 Å². The number of aromatic nitrogens is 2. The normalized spacial score (nSPS) is 16.5. The minimum atomic E-state index is -4.34. The van der Waals surface area contributed by atoms with Crippen LogP contribution in [0.5, 0.6) is 17.4 Å². The van der Waals surface area contributed by atoms with Crippen LogP contribution in [0.4, 0.5) is 4.79 Å². The molecule has 0 atom stereocenters. The largest absolute Gasteiger partial charge is 0.493 e. The summed E-state index contributed by atoms with van der Waals surface area (Å²) in [7, 11) is -2.88. The van der Waals surface area contributed by atoms with Crippen molar-refractivity contribution >= 4 is 27.1 Å². The number of aryl methyl sites for hydroxylation is 1. The fourth-order valence-corrected chi connectivity index (χ4v) is 7.29. The number of hydrogen-bond donors (Lipinski definition) is 0. The molecule has 5 rings (SSSR count). The third-order valence-electron chi connectivity index (χ3n) is 8.48. The molecule has 1 amide bonds. The fourth-order valence-electron chi connectivity index (χ4n) is 5.71. The van der Waals surface area contributed by atoms with E-state index < -0.39 is 16.2 Å². The molecule has 2 aliphatic rings. The maximum Gasteiger partial charge on any atom is 0.415 e. The second kappa shape index (κ2) is 13.1. The number of methoxy groups -OCH3 is 1. The van der Waals surface area contributed by atoms with Gasteiger partial charge in [0.05, 0.1) is 37.3 Å². The number of benzene rings is 2. The van der Waals surface area contributed by atoms with Crippen LogP contribution in [0.3, 0.4) is 0 Å². The van der Waals surface area contributed by atoms with Crippen LogP contribution in [-0.4, -0.2) is 86.8 Å². The van der Waals surface area contributed by atoms with Gasteiger partial charge in [-0.05, 0) is 47.4 Å². The smallest absolute Gasteiger partial charge is 0.415 e. The summed E-state index contributed by atoms with van der Waals surface area (Å²) in [5.74, 6) is 0.649. The van der Waals surface area contributed by atoms with Crippen molar-refractivity contribution in [1.82, 2.24) is 19.8 Å². The first-order valence-electron chi connectivity index (χ1n) is 15.6. The van der Waals surface area contributed by atoms with Crippen LogP contribution in [0.25, 0.3) is 10.9 Å². The van der Waals surface area contributed by atoms with Crippen molar-refractivity contribution in [3.8, 4) is 17.4 Å². The Morgan fingerprint density at radius 1 is 0.889 bits per heavy atom. The standard InChI is InChI=1S/C33H44N4O7S/c1-19(2)23-13-25(20(3)4)31(26(14-23)21(5)6)45(39,40)44-32-27-15-30(29(41-8)16-28(27)34-22(7)35-32)43-33(38)37-11-9-36(10-12-37)24-17-42-18-24/h13-16,19-21,24H,9-12,17-18H2,1-8H3. The van der Waals surface area contributed by atoms with Gasteiger partial charge in [-0.25, -0.2) is 9.78 Å². The lowest BCUT2D eigenvalue weighted by molar-refractivity contribution is -0.0748. The van der Waals surface area contributed by atoms with Crippen LogP contribution in [0.1, 0.15) is 81.8 Å². The van der Waals surface area contributed by atoms with Crippen LogP contribution in [-0.2, 0) is 14.9 Å². The lowest BCUT2D eigenvalue weighted by Gasteiger charge is -2.42. The number of amides is 1. The second-order valence-electron chi connectivity index (χ2n) is 12.7. The summed E-state index contributed by atoms with van der Waals surface area (Å²) in [6.45, 7) is 17.7. The average Bonchev–Trinajstić information content (AvgIpc) is 2.95. The second-order valence-corrected chi connectivity index (χ2v) is 14.2. The van der Waals surface area contributed by atoms with E-state index in [0.717, 1.165) is 31.9 Å². The van der Waals surface area contributed by atoms with Crippen molar-refractivity contribution < 1.29 is 31.6 Å². The van der Waals surface area contributed by atoms with E-state index in [1.165, 1.54) is 13.2 Å². The van der Waals surface area contributed by atoms with E-state index in [4.69, 9.17) is 18.4 Å². The first-order valence-corrected chi connectivity index (χ1v) is 17.0. The molecule has 0 spiro atoms. The number of rotatable bonds is 9. The lowest BCUT2D eigenvalue weighted by Crippen LogP contribution is -2.57. The van der Waals surface area contributed by atoms with E-state index in [-0.39, 0.29) is 45.4 Å². The number of ether oxygens (including phenoxy) is 3.